The zero-order valence-corrected chi connectivity index (χ0v) is 10.8. The second kappa shape index (κ2) is 6.12. The van der Waals surface area contributed by atoms with E-state index in [4.69, 9.17) is 4.52 Å². The molecule has 0 radical (unpaired) electrons. The van der Waals surface area contributed by atoms with Crippen LogP contribution in [0.25, 0.3) is 0 Å². The van der Waals surface area contributed by atoms with Gasteiger partial charge >= 0.3 is 0 Å². The Morgan fingerprint density at radius 1 is 1.53 bits per heavy atom. The van der Waals surface area contributed by atoms with Gasteiger partial charge in [0, 0.05) is 25.6 Å². The van der Waals surface area contributed by atoms with Crippen molar-refractivity contribution < 1.29 is 4.52 Å². The molecule has 17 heavy (non-hydrogen) atoms. The van der Waals surface area contributed by atoms with Gasteiger partial charge in [-0.3, -0.25) is 0 Å². The fourth-order valence-electron chi connectivity index (χ4n) is 2.25. The zero-order valence-electron chi connectivity index (χ0n) is 10.8. The first-order chi connectivity index (χ1) is 8.28. The maximum absolute atomic E-state index is 5.14. The molecule has 1 aromatic rings. The monoisotopic (exact) mass is 238 g/mol. The van der Waals surface area contributed by atoms with Gasteiger partial charge in [0.15, 0.2) is 5.82 Å². The third kappa shape index (κ3) is 3.78. The number of hydrogen-bond acceptors (Lipinski definition) is 5. The van der Waals surface area contributed by atoms with Crippen LogP contribution in [-0.4, -0.2) is 47.3 Å². The van der Waals surface area contributed by atoms with Crippen molar-refractivity contribution in [2.24, 2.45) is 0 Å². The SMILES string of the molecule is CCC1CN(CCc2nc(C)no2)CCCN1. The average Bonchev–Trinajstić information content (AvgIpc) is 2.62. The van der Waals surface area contributed by atoms with Crippen LogP contribution < -0.4 is 5.32 Å². The first-order valence-electron chi connectivity index (χ1n) is 6.53. The minimum Gasteiger partial charge on any atom is -0.339 e. The molecule has 0 spiro atoms. The molecule has 1 aromatic heterocycles. The largest absolute Gasteiger partial charge is 0.339 e. The summed E-state index contributed by atoms with van der Waals surface area (Å²) in [6, 6.07) is 0.627. The highest BCUT2D eigenvalue weighted by Crippen LogP contribution is 2.05. The molecule has 0 saturated carbocycles. The second-order valence-corrected chi connectivity index (χ2v) is 4.70. The Balaban J connectivity index is 1.81. The Hall–Kier alpha value is -0.940. The van der Waals surface area contributed by atoms with Gasteiger partial charge < -0.3 is 14.7 Å². The van der Waals surface area contributed by atoms with E-state index in [2.05, 4.69) is 27.3 Å². The molecular weight excluding hydrogens is 216 g/mol. The number of nitrogens with one attached hydrogen (secondary N) is 1. The highest BCUT2D eigenvalue weighted by Gasteiger charge is 2.16. The molecular formula is C12H22N4O. The predicted molar refractivity (Wildman–Crippen MR) is 65.9 cm³/mol. The van der Waals surface area contributed by atoms with E-state index in [-0.39, 0.29) is 0 Å². The van der Waals surface area contributed by atoms with Gasteiger partial charge in [0.25, 0.3) is 0 Å². The summed E-state index contributed by atoms with van der Waals surface area (Å²) in [5.74, 6) is 1.48. The molecule has 96 valence electrons. The minimum absolute atomic E-state index is 0.627. The molecule has 0 amide bonds. The van der Waals surface area contributed by atoms with Gasteiger partial charge in [0.2, 0.25) is 5.89 Å². The highest BCUT2D eigenvalue weighted by atomic mass is 16.5. The molecule has 1 N–H and O–H groups in total. The van der Waals surface area contributed by atoms with Crippen LogP contribution >= 0.6 is 0 Å². The lowest BCUT2D eigenvalue weighted by Gasteiger charge is -2.22. The number of aryl methyl sites for hydroxylation is 1. The lowest BCUT2D eigenvalue weighted by molar-refractivity contribution is 0.255. The second-order valence-electron chi connectivity index (χ2n) is 4.70. The number of nitrogens with zero attached hydrogens (tertiary/aromatic N) is 3. The number of rotatable bonds is 4. The topological polar surface area (TPSA) is 54.2 Å². The van der Waals surface area contributed by atoms with Crippen LogP contribution in [0.2, 0.25) is 0 Å². The third-order valence-corrected chi connectivity index (χ3v) is 3.27. The standard InChI is InChI=1S/C12H22N4O/c1-3-11-9-16(7-4-6-13-11)8-5-12-14-10(2)15-17-12/h11,13H,3-9H2,1-2H3. The van der Waals surface area contributed by atoms with E-state index >= 15 is 0 Å². The van der Waals surface area contributed by atoms with Crippen molar-refractivity contribution in [3.05, 3.63) is 11.7 Å². The predicted octanol–water partition coefficient (Wildman–Crippen LogP) is 0.994. The molecule has 1 fully saturated rings. The van der Waals surface area contributed by atoms with Gasteiger partial charge in [-0.1, -0.05) is 12.1 Å². The van der Waals surface area contributed by atoms with Crippen LogP contribution in [0, 0.1) is 6.92 Å². The van der Waals surface area contributed by atoms with E-state index < -0.39 is 0 Å². The molecule has 0 aromatic carbocycles. The van der Waals surface area contributed by atoms with Crippen molar-refractivity contribution in [3.63, 3.8) is 0 Å². The first-order valence-corrected chi connectivity index (χ1v) is 6.53. The summed E-state index contributed by atoms with van der Waals surface area (Å²) in [4.78, 5) is 6.73. The van der Waals surface area contributed by atoms with Crippen molar-refractivity contribution in [3.8, 4) is 0 Å². The Kier molecular flexibility index (Phi) is 4.50. The Bertz CT molecular complexity index is 339. The molecule has 5 nitrogen and oxygen atoms in total. The zero-order chi connectivity index (χ0) is 12.1. The average molecular weight is 238 g/mol. The normalized spacial score (nSPS) is 22.6. The third-order valence-electron chi connectivity index (χ3n) is 3.27. The van der Waals surface area contributed by atoms with Crippen LogP contribution in [0.15, 0.2) is 4.52 Å². The van der Waals surface area contributed by atoms with Gasteiger partial charge in [0.1, 0.15) is 0 Å². The van der Waals surface area contributed by atoms with E-state index in [1.54, 1.807) is 0 Å². The molecule has 0 bridgehead atoms. The van der Waals surface area contributed by atoms with Gasteiger partial charge in [-0.15, -0.1) is 0 Å². The van der Waals surface area contributed by atoms with Crippen molar-refractivity contribution in [1.29, 1.82) is 0 Å². The van der Waals surface area contributed by atoms with E-state index in [1.165, 1.54) is 12.8 Å². The molecule has 1 aliphatic rings. The summed E-state index contributed by atoms with van der Waals surface area (Å²) in [6.45, 7) is 8.53. The Morgan fingerprint density at radius 2 is 2.41 bits per heavy atom. The minimum atomic E-state index is 0.627. The van der Waals surface area contributed by atoms with Crippen LogP contribution in [-0.2, 0) is 6.42 Å². The Morgan fingerprint density at radius 3 is 3.12 bits per heavy atom. The van der Waals surface area contributed by atoms with Gasteiger partial charge in [-0.05, 0) is 32.9 Å². The summed E-state index contributed by atoms with van der Waals surface area (Å²) in [7, 11) is 0. The molecule has 5 heteroatoms. The molecule has 1 aliphatic heterocycles. The van der Waals surface area contributed by atoms with Gasteiger partial charge in [0.05, 0.1) is 0 Å². The maximum Gasteiger partial charge on any atom is 0.227 e. The molecule has 2 rings (SSSR count). The highest BCUT2D eigenvalue weighted by molar-refractivity contribution is 4.85. The lowest BCUT2D eigenvalue weighted by atomic mass is 10.2. The summed E-state index contributed by atoms with van der Waals surface area (Å²) in [5.41, 5.74) is 0. The molecule has 1 atom stereocenters. The van der Waals surface area contributed by atoms with Gasteiger partial charge in [-0.2, -0.15) is 4.98 Å². The smallest absolute Gasteiger partial charge is 0.227 e. The van der Waals surface area contributed by atoms with Crippen molar-refractivity contribution >= 4 is 0 Å². The molecule has 1 unspecified atom stereocenters. The fraction of sp³-hybridized carbons (Fsp3) is 0.833. The first kappa shape index (κ1) is 12.5. The molecule has 2 heterocycles. The number of aromatic nitrogens is 2. The summed E-state index contributed by atoms with van der Waals surface area (Å²) >= 11 is 0. The number of hydrogen-bond donors (Lipinski definition) is 1. The van der Waals surface area contributed by atoms with Crippen molar-refractivity contribution in [2.75, 3.05) is 26.2 Å². The van der Waals surface area contributed by atoms with E-state index in [9.17, 15) is 0 Å². The van der Waals surface area contributed by atoms with Crippen molar-refractivity contribution in [2.45, 2.75) is 39.2 Å². The summed E-state index contributed by atoms with van der Waals surface area (Å²) < 4.78 is 5.14. The van der Waals surface area contributed by atoms with E-state index in [1.807, 2.05) is 6.92 Å². The van der Waals surface area contributed by atoms with Crippen molar-refractivity contribution in [1.82, 2.24) is 20.4 Å². The fourth-order valence-corrected chi connectivity index (χ4v) is 2.25. The van der Waals surface area contributed by atoms with Crippen LogP contribution in [0.1, 0.15) is 31.5 Å². The quantitative estimate of drug-likeness (QED) is 0.848. The van der Waals surface area contributed by atoms with E-state index in [0.29, 0.717) is 6.04 Å². The maximum atomic E-state index is 5.14. The summed E-state index contributed by atoms with van der Waals surface area (Å²) in [5, 5.41) is 7.38. The van der Waals surface area contributed by atoms with Crippen LogP contribution in [0.4, 0.5) is 0 Å². The molecule has 0 aliphatic carbocycles. The summed E-state index contributed by atoms with van der Waals surface area (Å²) in [6.07, 6.45) is 3.27. The lowest BCUT2D eigenvalue weighted by Crippen LogP contribution is -2.37. The van der Waals surface area contributed by atoms with Crippen LogP contribution in [0.3, 0.4) is 0 Å². The molecule has 1 saturated heterocycles. The Labute approximate surface area is 103 Å². The van der Waals surface area contributed by atoms with Crippen LogP contribution in [0.5, 0.6) is 0 Å². The van der Waals surface area contributed by atoms with Gasteiger partial charge in [-0.25, -0.2) is 0 Å². The van der Waals surface area contributed by atoms with E-state index in [0.717, 1.165) is 44.3 Å².